The summed E-state index contributed by atoms with van der Waals surface area (Å²) in [6, 6.07) is 9.51. The molecule has 0 unspecified atom stereocenters. The van der Waals surface area contributed by atoms with Gasteiger partial charge in [-0.3, -0.25) is 4.79 Å². The van der Waals surface area contributed by atoms with Crippen LogP contribution in [0.4, 0.5) is 0 Å². The standard InChI is InChI=1S/C13H9Cl2NO2/c14-9-3-8(4-10(17)6-9)7-1-2-12(15)11(5-7)13(16)18/h1-6,17H,(H2,16,18). The Morgan fingerprint density at radius 2 is 1.78 bits per heavy atom. The first kappa shape index (κ1) is 12.7. The second-order valence-electron chi connectivity index (χ2n) is 3.76. The molecule has 0 aromatic heterocycles. The fourth-order valence-corrected chi connectivity index (χ4v) is 2.07. The average molecular weight is 282 g/mol. The van der Waals surface area contributed by atoms with E-state index in [9.17, 15) is 9.90 Å². The quantitative estimate of drug-likeness (QED) is 0.885. The molecule has 0 bridgehead atoms. The molecular weight excluding hydrogens is 273 g/mol. The number of phenolic OH excluding ortho intramolecular Hbond substituents is 1. The minimum absolute atomic E-state index is 0.0491. The van der Waals surface area contributed by atoms with Crippen molar-refractivity contribution in [3.8, 4) is 16.9 Å². The number of benzene rings is 2. The first-order valence-electron chi connectivity index (χ1n) is 5.06. The predicted molar refractivity (Wildman–Crippen MR) is 72.1 cm³/mol. The summed E-state index contributed by atoms with van der Waals surface area (Å²) >= 11 is 11.7. The van der Waals surface area contributed by atoms with Crippen molar-refractivity contribution in [1.82, 2.24) is 0 Å². The minimum Gasteiger partial charge on any atom is -0.508 e. The third kappa shape index (κ3) is 2.58. The van der Waals surface area contributed by atoms with E-state index in [2.05, 4.69) is 0 Å². The van der Waals surface area contributed by atoms with Crippen molar-refractivity contribution in [3.05, 3.63) is 52.0 Å². The maximum Gasteiger partial charge on any atom is 0.250 e. The number of amides is 1. The highest BCUT2D eigenvalue weighted by Crippen LogP contribution is 2.30. The van der Waals surface area contributed by atoms with Crippen molar-refractivity contribution in [2.24, 2.45) is 5.73 Å². The molecule has 0 heterocycles. The van der Waals surface area contributed by atoms with E-state index >= 15 is 0 Å². The maximum atomic E-state index is 11.2. The van der Waals surface area contributed by atoms with Gasteiger partial charge in [0.25, 0.3) is 0 Å². The fourth-order valence-electron chi connectivity index (χ4n) is 1.63. The van der Waals surface area contributed by atoms with Crippen LogP contribution in [-0.4, -0.2) is 11.0 Å². The zero-order valence-corrected chi connectivity index (χ0v) is 10.7. The first-order chi connectivity index (χ1) is 8.47. The topological polar surface area (TPSA) is 63.3 Å². The van der Waals surface area contributed by atoms with E-state index in [1.807, 2.05) is 0 Å². The monoisotopic (exact) mass is 281 g/mol. The van der Waals surface area contributed by atoms with Crippen LogP contribution >= 0.6 is 23.2 Å². The summed E-state index contributed by atoms with van der Waals surface area (Å²) in [4.78, 5) is 11.2. The molecule has 0 fully saturated rings. The number of phenols is 1. The fraction of sp³-hybridized carbons (Fsp3) is 0. The van der Waals surface area contributed by atoms with Crippen LogP contribution in [0, 0.1) is 0 Å². The van der Waals surface area contributed by atoms with Crippen molar-refractivity contribution in [2.45, 2.75) is 0 Å². The Bertz CT molecular complexity index is 606. The van der Waals surface area contributed by atoms with Crippen LogP contribution in [0.15, 0.2) is 36.4 Å². The van der Waals surface area contributed by atoms with E-state index in [0.717, 1.165) is 0 Å². The molecule has 2 aromatic carbocycles. The van der Waals surface area contributed by atoms with Gasteiger partial charge in [0.05, 0.1) is 10.6 Å². The lowest BCUT2D eigenvalue weighted by Crippen LogP contribution is -2.11. The largest absolute Gasteiger partial charge is 0.508 e. The second kappa shape index (κ2) is 4.88. The van der Waals surface area contributed by atoms with Crippen molar-refractivity contribution < 1.29 is 9.90 Å². The highest BCUT2D eigenvalue weighted by Gasteiger charge is 2.09. The van der Waals surface area contributed by atoms with E-state index in [1.165, 1.54) is 6.07 Å². The summed E-state index contributed by atoms with van der Waals surface area (Å²) < 4.78 is 0. The molecule has 2 rings (SSSR count). The van der Waals surface area contributed by atoms with Crippen LogP contribution in [-0.2, 0) is 0 Å². The van der Waals surface area contributed by atoms with Crippen LogP contribution in [0.3, 0.4) is 0 Å². The Morgan fingerprint density at radius 1 is 1.06 bits per heavy atom. The van der Waals surface area contributed by atoms with E-state index in [0.29, 0.717) is 16.1 Å². The van der Waals surface area contributed by atoms with E-state index in [-0.39, 0.29) is 16.3 Å². The van der Waals surface area contributed by atoms with Gasteiger partial charge in [-0.05, 0) is 41.5 Å². The van der Waals surface area contributed by atoms with Gasteiger partial charge in [-0.2, -0.15) is 0 Å². The minimum atomic E-state index is -0.604. The van der Waals surface area contributed by atoms with Gasteiger partial charge in [-0.15, -0.1) is 0 Å². The number of carbonyl (C=O) groups excluding carboxylic acids is 1. The summed E-state index contributed by atoms with van der Waals surface area (Å²) in [7, 11) is 0. The number of rotatable bonds is 2. The molecular formula is C13H9Cl2NO2. The van der Waals surface area contributed by atoms with E-state index < -0.39 is 5.91 Å². The molecule has 0 saturated heterocycles. The van der Waals surface area contributed by atoms with Gasteiger partial charge in [0, 0.05) is 5.02 Å². The van der Waals surface area contributed by atoms with Gasteiger partial charge in [0.1, 0.15) is 5.75 Å². The zero-order chi connectivity index (χ0) is 13.3. The molecule has 5 heteroatoms. The number of hydrogen-bond acceptors (Lipinski definition) is 2. The molecule has 18 heavy (non-hydrogen) atoms. The number of primary amides is 1. The molecule has 92 valence electrons. The van der Waals surface area contributed by atoms with Crippen molar-refractivity contribution in [1.29, 1.82) is 0 Å². The number of carbonyl (C=O) groups is 1. The van der Waals surface area contributed by atoms with Crippen molar-refractivity contribution in [2.75, 3.05) is 0 Å². The lowest BCUT2D eigenvalue weighted by molar-refractivity contribution is 0.100. The lowest BCUT2D eigenvalue weighted by Gasteiger charge is -2.06. The highest BCUT2D eigenvalue weighted by molar-refractivity contribution is 6.34. The second-order valence-corrected chi connectivity index (χ2v) is 4.60. The molecule has 0 saturated carbocycles. The summed E-state index contributed by atoms with van der Waals surface area (Å²) in [6.45, 7) is 0. The molecule has 0 atom stereocenters. The lowest BCUT2D eigenvalue weighted by atomic mass is 10.0. The van der Waals surface area contributed by atoms with Gasteiger partial charge >= 0.3 is 0 Å². The van der Waals surface area contributed by atoms with Crippen molar-refractivity contribution >= 4 is 29.1 Å². The molecule has 2 aromatic rings. The Balaban J connectivity index is 2.57. The van der Waals surface area contributed by atoms with Gasteiger partial charge in [-0.1, -0.05) is 29.3 Å². The first-order valence-corrected chi connectivity index (χ1v) is 5.82. The highest BCUT2D eigenvalue weighted by atomic mass is 35.5. The summed E-state index contributed by atoms with van der Waals surface area (Å²) in [5.74, 6) is -0.554. The van der Waals surface area contributed by atoms with Crippen molar-refractivity contribution in [3.63, 3.8) is 0 Å². The number of aromatic hydroxyl groups is 1. The average Bonchev–Trinajstić information content (AvgIpc) is 2.27. The van der Waals surface area contributed by atoms with Crippen LogP contribution in [0.2, 0.25) is 10.0 Å². The molecule has 0 radical (unpaired) electrons. The number of halogens is 2. The SMILES string of the molecule is NC(=O)c1cc(-c2cc(O)cc(Cl)c2)ccc1Cl. The Labute approximate surface area is 114 Å². The van der Waals surface area contributed by atoms with Gasteiger partial charge in [-0.25, -0.2) is 0 Å². The number of hydrogen-bond donors (Lipinski definition) is 2. The van der Waals surface area contributed by atoms with E-state index in [4.69, 9.17) is 28.9 Å². The Hall–Kier alpha value is -1.71. The molecule has 0 aliphatic rings. The third-order valence-corrected chi connectivity index (χ3v) is 3.00. The zero-order valence-electron chi connectivity index (χ0n) is 9.15. The summed E-state index contributed by atoms with van der Waals surface area (Å²) in [6.07, 6.45) is 0. The molecule has 0 aliphatic carbocycles. The van der Waals surface area contributed by atoms with Crippen LogP contribution < -0.4 is 5.73 Å². The molecule has 0 spiro atoms. The van der Waals surface area contributed by atoms with E-state index in [1.54, 1.807) is 30.3 Å². The third-order valence-electron chi connectivity index (χ3n) is 2.45. The smallest absolute Gasteiger partial charge is 0.250 e. The number of nitrogens with two attached hydrogens (primary N) is 1. The predicted octanol–water partition coefficient (Wildman–Crippen LogP) is 3.46. The van der Waals surface area contributed by atoms with Gasteiger partial charge < -0.3 is 10.8 Å². The van der Waals surface area contributed by atoms with Gasteiger partial charge in [0.2, 0.25) is 5.91 Å². The van der Waals surface area contributed by atoms with Crippen LogP contribution in [0.5, 0.6) is 5.75 Å². The maximum absolute atomic E-state index is 11.2. The van der Waals surface area contributed by atoms with Crippen LogP contribution in [0.25, 0.3) is 11.1 Å². The molecule has 3 nitrogen and oxygen atoms in total. The Morgan fingerprint density at radius 3 is 2.39 bits per heavy atom. The molecule has 3 N–H and O–H groups in total. The Kier molecular flexibility index (Phi) is 3.45. The normalized spacial score (nSPS) is 10.3. The summed E-state index contributed by atoms with van der Waals surface area (Å²) in [5, 5.41) is 10.2. The van der Waals surface area contributed by atoms with Gasteiger partial charge in [0.15, 0.2) is 0 Å². The molecule has 1 amide bonds. The molecule has 0 aliphatic heterocycles. The van der Waals surface area contributed by atoms with Crippen LogP contribution in [0.1, 0.15) is 10.4 Å². The summed E-state index contributed by atoms with van der Waals surface area (Å²) in [5.41, 5.74) is 6.83.